The van der Waals surface area contributed by atoms with Gasteiger partial charge in [-0.25, -0.2) is 13.1 Å². The number of nitriles is 1. The van der Waals surface area contributed by atoms with Gasteiger partial charge in [0.2, 0.25) is 10.0 Å². The molecule has 7 heteroatoms. The first-order valence-electron chi connectivity index (χ1n) is 5.80. The van der Waals surface area contributed by atoms with E-state index < -0.39 is 10.0 Å². The van der Waals surface area contributed by atoms with Crippen LogP contribution < -0.4 is 4.72 Å². The zero-order chi connectivity index (χ0) is 14.0. The Labute approximate surface area is 125 Å². The summed E-state index contributed by atoms with van der Waals surface area (Å²) in [7, 11) is -3.70. The third-order valence-corrected chi connectivity index (χ3v) is 6.16. The fourth-order valence-corrected chi connectivity index (χ4v) is 4.82. The lowest BCUT2D eigenvalue weighted by Gasteiger charge is -2.17. The van der Waals surface area contributed by atoms with E-state index in [0.717, 1.165) is 19.3 Å². The van der Waals surface area contributed by atoms with Crippen molar-refractivity contribution in [3.63, 3.8) is 0 Å². The van der Waals surface area contributed by atoms with Gasteiger partial charge in [0.25, 0.3) is 0 Å². The topological polar surface area (TPSA) is 70.0 Å². The van der Waals surface area contributed by atoms with Gasteiger partial charge in [0, 0.05) is 10.9 Å². The van der Waals surface area contributed by atoms with Gasteiger partial charge in [-0.2, -0.15) is 5.26 Å². The highest BCUT2D eigenvalue weighted by Crippen LogP contribution is 2.28. The molecular weight excluding hydrogens is 352 g/mol. The Hall–Kier alpha value is -0.610. The molecule has 1 saturated carbocycles. The fraction of sp³-hybridized carbons (Fsp3) is 0.417. The average molecular weight is 364 g/mol. The van der Waals surface area contributed by atoms with Gasteiger partial charge in [-0.05, 0) is 31.0 Å². The second-order valence-corrected chi connectivity index (χ2v) is 7.70. The first kappa shape index (κ1) is 14.8. The molecule has 2 unspecified atom stereocenters. The summed E-state index contributed by atoms with van der Waals surface area (Å²) in [5, 5.41) is 8.95. The normalized spacial score (nSPS) is 23.2. The molecule has 0 spiro atoms. The molecule has 0 amide bonds. The molecule has 1 N–H and O–H groups in total. The molecule has 0 heterocycles. The second-order valence-electron chi connectivity index (χ2n) is 4.43. The monoisotopic (exact) mass is 362 g/mol. The molecule has 1 aliphatic carbocycles. The third-order valence-electron chi connectivity index (χ3n) is 3.09. The minimum atomic E-state index is -3.70. The van der Waals surface area contributed by atoms with Crippen LogP contribution in [-0.4, -0.2) is 19.3 Å². The van der Waals surface area contributed by atoms with Gasteiger partial charge in [-0.15, -0.1) is 0 Å². The van der Waals surface area contributed by atoms with Crippen LogP contribution in [0.5, 0.6) is 0 Å². The summed E-state index contributed by atoms with van der Waals surface area (Å²) in [6.45, 7) is 0. The Morgan fingerprint density at radius 1 is 1.42 bits per heavy atom. The molecule has 0 bridgehead atoms. The molecule has 0 aliphatic heterocycles. The van der Waals surface area contributed by atoms with Crippen molar-refractivity contribution in [2.24, 2.45) is 0 Å². The lowest BCUT2D eigenvalue weighted by Crippen LogP contribution is -2.37. The first-order chi connectivity index (χ1) is 8.94. The fourth-order valence-electron chi connectivity index (χ4n) is 2.09. The van der Waals surface area contributed by atoms with Gasteiger partial charge < -0.3 is 0 Å². The largest absolute Gasteiger partial charge is 0.242 e. The van der Waals surface area contributed by atoms with Crippen molar-refractivity contribution in [2.75, 3.05) is 0 Å². The predicted octanol–water partition coefficient (Wildman–Crippen LogP) is 2.81. The zero-order valence-corrected chi connectivity index (χ0v) is 13.1. The Morgan fingerprint density at radius 3 is 2.74 bits per heavy atom. The Kier molecular flexibility index (Phi) is 4.51. The molecular formula is C12H12BrClN2O2S. The van der Waals surface area contributed by atoms with Crippen molar-refractivity contribution in [3.8, 4) is 6.07 Å². The molecule has 1 aromatic carbocycles. The van der Waals surface area contributed by atoms with Gasteiger partial charge in [-0.3, -0.25) is 0 Å². The van der Waals surface area contributed by atoms with Crippen molar-refractivity contribution in [1.29, 1.82) is 5.26 Å². The van der Waals surface area contributed by atoms with Crippen LogP contribution in [0.15, 0.2) is 23.1 Å². The van der Waals surface area contributed by atoms with Crippen LogP contribution in [0.25, 0.3) is 0 Å². The molecule has 1 aromatic rings. The van der Waals surface area contributed by atoms with Gasteiger partial charge >= 0.3 is 0 Å². The summed E-state index contributed by atoms with van der Waals surface area (Å²) in [5.74, 6) is 0. The van der Waals surface area contributed by atoms with Crippen molar-refractivity contribution < 1.29 is 8.42 Å². The summed E-state index contributed by atoms with van der Waals surface area (Å²) in [6.07, 6.45) is 2.72. The molecule has 4 nitrogen and oxygen atoms in total. The minimum Gasteiger partial charge on any atom is -0.207 e. The highest BCUT2D eigenvalue weighted by molar-refractivity contribution is 9.09. The maximum atomic E-state index is 12.3. The number of hydrogen-bond acceptors (Lipinski definition) is 3. The summed E-state index contributed by atoms with van der Waals surface area (Å²) in [6, 6.07) is 5.99. The van der Waals surface area contributed by atoms with E-state index in [1.165, 1.54) is 18.2 Å². The lowest BCUT2D eigenvalue weighted by molar-refractivity contribution is 0.556. The van der Waals surface area contributed by atoms with E-state index in [1.807, 2.05) is 6.07 Å². The summed E-state index contributed by atoms with van der Waals surface area (Å²) < 4.78 is 27.2. The zero-order valence-electron chi connectivity index (χ0n) is 9.94. The number of sulfonamides is 1. The highest BCUT2D eigenvalue weighted by atomic mass is 79.9. The number of halogens is 2. The Balaban J connectivity index is 2.32. The van der Waals surface area contributed by atoms with E-state index in [-0.39, 0.29) is 26.4 Å². The van der Waals surface area contributed by atoms with Gasteiger partial charge in [0.15, 0.2) is 0 Å². The number of benzene rings is 1. The molecule has 19 heavy (non-hydrogen) atoms. The van der Waals surface area contributed by atoms with Crippen molar-refractivity contribution in [2.45, 2.75) is 35.0 Å². The van der Waals surface area contributed by atoms with Crippen LogP contribution in [0.3, 0.4) is 0 Å². The van der Waals surface area contributed by atoms with E-state index in [0.29, 0.717) is 0 Å². The van der Waals surface area contributed by atoms with E-state index in [2.05, 4.69) is 20.7 Å². The summed E-state index contributed by atoms with van der Waals surface area (Å²) in [4.78, 5) is 0.0972. The van der Waals surface area contributed by atoms with E-state index >= 15 is 0 Å². The van der Waals surface area contributed by atoms with E-state index in [1.54, 1.807) is 0 Å². The molecule has 2 rings (SSSR count). The summed E-state index contributed by atoms with van der Waals surface area (Å²) >= 11 is 9.38. The van der Waals surface area contributed by atoms with E-state index in [9.17, 15) is 8.42 Å². The maximum absolute atomic E-state index is 12.3. The third kappa shape index (κ3) is 3.29. The number of alkyl halides is 1. The summed E-state index contributed by atoms with van der Waals surface area (Å²) in [5.41, 5.74) is 0.270. The van der Waals surface area contributed by atoms with Crippen LogP contribution >= 0.6 is 27.5 Å². The minimum absolute atomic E-state index is 0.0418. The smallest absolute Gasteiger partial charge is 0.207 e. The van der Waals surface area contributed by atoms with Crippen molar-refractivity contribution >= 4 is 37.6 Å². The van der Waals surface area contributed by atoms with E-state index in [4.69, 9.17) is 16.9 Å². The van der Waals surface area contributed by atoms with Crippen LogP contribution in [0.1, 0.15) is 24.8 Å². The molecule has 0 saturated heterocycles. The molecule has 0 radical (unpaired) electrons. The number of rotatable bonds is 3. The van der Waals surface area contributed by atoms with Crippen LogP contribution in [0, 0.1) is 11.3 Å². The van der Waals surface area contributed by atoms with Crippen LogP contribution in [-0.2, 0) is 10.0 Å². The number of nitrogens with one attached hydrogen (secondary N) is 1. The SMILES string of the molecule is N#Cc1ccc(Cl)c(S(=O)(=O)NC2CCCC2Br)c1. The standard InChI is InChI=1S/C12H12BrClN2O2S/c13-9-2-1-3-11(9)16-19(17,18)12-6-8(7-15)4-5-10(12)14/h4-6,9,11,16H,1-3H2. The van der Waals surface area contributed by atoms with Crippen molar-refractivity contribution in [3.05, 3.63) is 28.8 Å². The predicted molar refractivity (Wildman–Crippen MR) is 76.8 cm³/mol. The number of hydrogen-bond donors (Lipinski definition) is 1. The molecule has 102 valence electrons. The number of nitrogens with zero attached hydrogens (tertiary/aromatic N) is 1. The molecule has 2 atom stereocenters. The Bertz CT molecular complexity index is 627. The quantitative estimate of drug-likeness (QED) is 0.840. The molecule has 0 aromatic heterocycles. The van der Waals surface area contributed by atoms with Crippen LogP contribution in [0.2, 0.25) is 5.02 Å². The molecule has 1 aliphatic rings. The first-order valence-corrected chi connectivity index (χ1v) is 8.58. The van der Waals surface area contributed by atoms with Gasteiger partial charge in [-0.1, -0.05) is 34.0 Å². The average Bonchev–Trinajstić information content (AvgIpc) is 2.75. The van der Waals surface area contributed by atoms with Crippen LogP contribution in [0.4, 0.5) is 0 Å². The van der Waals surface area contributed by atoms with Gasteiger partial charge in [0.05, 0.1) is 16.7 Å². The Morgan fingerprint density at radius 2 is 2.16 bits per heavy atom. The maximum Gasteiger partial charge on any atom is 0.242 e. The highest BCUT2D eigenvalue weighted by Gasteiger charge is 2.30. The van der Waals surface area contributed by atoms with Crippen molar-refractivity contribution in [1.82, 2.24) is 4.72 Å². The van der Waals surface area contributed by atoms with Gasteiger partial charge in [0.1, 0.15) is 4.90 Å². The second kappa shape index (κ2) is 5.80. The molecule has 1 fully saturated rings. The lowest BCUT2D eigenvalue weighted by atomic mass is 10.2.